The average Bonchev–Trinajstić information content (AvgIpc) is 2.24. The molecular weight excluding hydrogens is 296 g/mol. The predicted octanol–water partition coefficient (Wildman–Crippen LogP) is 3.30. The number of hydrogen-bond acceptors (Lipinski definition) is 3. The number of rotatable bonds is 2. The van der Waals surface area contributed by atoms with Crippen LogP contribution in [0.3, 0.4) is 0 Å². The number of benzene rings is 1. The number of nitrogens with two attached hydrogens (primary N) is 1. The van der Waals surface area contributed by atoms with Crippen molar-refractivity contribution in [2.24, 2.45) is 0 Å². The Balaban J connectivity index is 3.61. The first-order chi connectivity index (χ1) is 8.45. The minimum absolute atomic E-state index is 0.000186. The SMILES string of the molecule is CSc1cc(N)ccc1C(O)(C(F)(F)F)C(F)(F)F. The molecule has 0 aliphatic heterocycles. The van der Waals surface area contributed by atoms with Crippen molar-refractivity contribution in [3.8, 4) is 0 Å². The number of thioether (sulfide) groups is 1. The van der Waals surface area contributed by atoms with Gasteiger partial charge in [0.2, 0.25) is 0 Å². The smallest absolute Gasteiger partial charge is 0.399 e. The molecule has 3 N–H and O–H groups in total. The molecule has 0 aliphatic carbocycles. The van der Waals surface area contributed by atoms with E-state index in [-0.39, 0.29) is 5.69 Å². The Hall–Kier alpha value is -1.09. The molecule has 2 nitrogen and oxygen atoms in total. The van der Waals surface area contributed by atoms with Crippen LogP contribution in [0.4, 0.5) is 32.0 Å². The molecule has 9 heteroatoms. The first-order valence-electron chi connectivity index (χ1n) is 4.75. The highest BCUT2D eigenvalue weighted by Gasteiger charge is 2.72. The van der Waals surface area contributed by atoms with Crippen molar-refractivity contribution in [2.45, 2.75) is 22.8 Å². The standard InChI is InChI=1S/C10H9F6NOS/c1-19-7-4-5(17)2-3-6(7)8(18,9(11,12)13)10(14,15)16/h2-4,18H,17H2,1H3. The minimum atomic E-state index is -5.90. The minimum Gasteiger partial charge on any atom is -0.399 e. The molecule has 0 radical (unpaired) electrons. The molecular formula is C10H9F6NOS. The van der Waals surface area contributed by atoms with Crippen LogP contribution in [0.1, 0.15) is 5.56 Å². The molecule has 0 atom stereocenters. The monoisotopic (exact) mass is 305 g/mol. The third kappa shape index (κ3) is 2.62. The largest absolute Gasteiger partial charge is 0.430 e. The van der Waals surface area contributed by atoms with Gasteiger partial charge in [0.1, 0.15) is 0 Å². The third-order valence-corrected chi connectivity index (χ3v) is 3.21. The molecule has 0 spiro atoms. The lowest BCUT2D eigenvalue weighted by molar-refractivity contribution is -0.377. The number of hydrogen-bond donors (Lipinski definition) is 2. The first kappa shape index (κ1) is 16.0. The third-order valence-electron chi connectivity index (χ3n) is 2.44. The molecule has 0 fully saturated rings. The van der Waals surface area contributed by atoms with Crippen LogP contribution in [0, 0.1) is 0 Å². The van der Waals surface area contributed by atoms with Crippen molar-refractivity contribution in [1.29, 1.82) is 0 Å². The van der Waals surface area contributed by atoms with E-state index in [1.165, 1.54) is 6.26 Å². The van der Waals surface area contributed by atoms with Gasteiger partial charge in [-0.3, -0.25) is 0 Å². The molecule has 1 aromatic carbocycles. The van der Waals surface area contributed by atoms with Crippen molar-refractivity contribution in [3.05, 3.63) is 23.8 Å². The Bertz CT molecular complexity index is 456. The summed E-state index contributed by atoms with van der Waals surface area (Å²) in [6, 6.07) is 2.35. The predicted molar refractivity (Wildman–Crippen MR) is 58.6 cm³/mol. The molecule has 0 saturated heterocycles. The topological polar surface area (TPSA) is 46.2 Å². The van der Waals surface area contributed by atoms with Crippen LogP contribution in [0.5, 0.6) is 0 Å². The summed E-state index contributed by atoms with van der Waals surface area (Å²) in [5, 5.41) is 9.25. The molecule has 0 amide bonds. The number of anilines is 1. The van der Waals surface area contributed by atoms with Crippen LogP contribution in [-0.4, -0.2) is 23.7 Å². The summed E-state index contributed by atoms with van der Waals surface area (Å²) in [6.07, 6.45) is -10.5. The zero-order valence-electron chi connectivity index (χ0n) is 9.43. The van der Waals surface area contributed by atoms with Gasteiger partial charge in [0, 0.05) is 16.1 Å². The fraction of sp³-hybridized carbons (Fsp3) is 0.400. The van der Waals surface area contributed by atoms with Crippen molar-refractivity contribution in [3.63, 3.8) is 0 Å². The number of nitrogen functional groups attached to an aromatic ring is 1. The van der Waals surface area contributed by atoms with Gasteiger partial charge in [-0.15, -0.1) is 11.8 Å². The van der Waals surface area contributed by atoms with Crippen LogP contribution in [0.15, 0.2) is 23.1 Å². The molecule has 0 aromatic heterocycles. The summed E-state index contributed by atoms with van der Waals surface area (Å²) in [4.78, 5) is -0.392. The Labute approximate surface area is 108 Å². The zero-order chi connectivity index (χ0) is 15.1. The Morgan fingerprint density at radius 2 is 1.53 bits per heavy atom. The highest BCUT2D eigenvalue weighted by atomic mass is 32.2. The van der Waals surface area contributed by atoms with Gasteiger partial charge in [0.15, 0.2) is 0 Å². The van der Waals surface area contributed by atoms with Crippen LogP contribution in [-0.2, 0) is 5.60 Å². The van der Waals surface area contributed by atoms with Crippen LogP contribution in [0.2, 0.25) is 0 Å². The maximum atomic E-state index is 12.7. The van der Waals surface area contributed by atoms with Crippen molar-refractivity contribution < 1.29 is 31.4 Å². The average molecular weight is 305 g/mol. The molecule has 19 heavy (non-hydrogen) atoms. The van der Waals surface area contributed by atoms with Gasteiger partial charge in [0.25, 0.3) is 5.60 Å². The van der Waals surface area contributed by atoms with Gasteiger partial charge < -0.3 is 10.8 Å². The molecule has 0 heterocycles. The normalized spacial score (nSPS) is 13.7. The van der Waals surface area contributed by atoms with Crippen molar-refractivity contribution in [1.82, 2.24) is 0 Å². The highest BCUT2D eigenvalue weighted by Crippen LogP contribution is 2.52. The lowest BCUT2D eigenvalue weighted by atomic mass is 9.92. The number of alkyl halides is 6. The molecule has 1 rings (SSSR count). The first-order valence-corrected chi connectivity index (χ1v) is 5.97. The van der Waals surface area contributed by atoms with Gasteiger partial charge in [-0.05, 0) is 18.4 Å². The van der Waals surface area contributed by atoms with Gasteiger partial charge >= 0.3 is 12.4 Å². The van der Waals surface area contributed by atoms with E-state index in [1.54, 1.807) is 0 Å². The molecule has 1 aromatic rings. The summed E-state index contributed by atoms with van der Waals surface area (Å²) in [6.45, 7) is 0. The van der Waals surface area contributed by atoms with E-state index in [9.17, 15) is 31.4 Å². The Morgan fingerprint density at radius 1 is 1.05 bits per heavy atom. The molecule has 0 unspecified atom stereocenters. The van der Waals surface area contributed by atoms with E-state index in [0.29, 0.717) is 17.8 Å². The van der Waals surface area contributed by atoms with Gasteiger partial charge in [0.05, 0.1) is 0 Å². The van der Waals surface area contributed by atoms with Gasteiger partial charge in [-0.1, -0.05) is 6.07 Å². The summed E-state index contributed by atoms with van der Waals surface area (Å²) in [5.74, 6) is 0. The van der Waals surface area contributed by atoms with Crippen LogP contribution < -0.4 is 5.73 Å². The molecule has 108 valence electrons. The summed E-state index contributed by atoms with van der Waals surface area (Å²) >= 11 is 0.629. The van der Waals surface area contributed by atoms with Gasteiger partial charge in [-0.2, -0.15) is 26.3 Å². The summed E-state index contributed by atoms with van der Waals surface area (Å²) < 4.78 is 76.2. The van der Waals surface area contributed by atoms with E-state index in [1.807, 2.05) is 0 Å². The number of aliphatic hydroxyl groups is 1. The molecule has 0 bridgehead atoms. The fourth-order valence-corrected chi connectivity index (χ4v) is 2.16. The van der Waals surface area contributed by atoms with E-state index in [2.05, 4.69) is 0 Å². The second-order valence-corrected chi connectivity index (χ2v) is 4.51. The summed E-state index contributed by atoms with van der Waals surface area (Å²) in [5.41, 5.74) is -0.901. The summed E-state index contributed by atoms with van der Waals surface area (Å²) in [7, 11) is 0. The zero-order valence-corrected chi connectivity index (χ0v) is 10.2. The Morgan fingerprint density at radius 3 is 1.89 bits per heavy atom. The van der Waals surface area contributed by atoms with Crippen LogP contribution in [0.25, 0.3) is 0 Å². The van der Waals surface area contributed by atoms with E-state index in [4.69, 9.17) is 5.73 Å². The van der Waals surface area contributed by atoms with E-state index in [0.717, 1.165) is 12.1 Å². The maximum absolute atomic E-state index is 12.7. The van der Waals surface area contributed by atoms with E-state index >= 15 is 0 Å². The maximum Gasteiger partial charge on any atom is 0.430 e. The lowest BCUT2D eigenvalue weighted by Gasteiger charge is -2.33. The van der Waals surface area contributed by atoms with Crippen molar-refractivity contribution >= 4 is 17.4 Å². The lowest BCUT2D eigenvalue weighted by Crippen LogP contribution is -2.54. The highest BCUT2D eigenvalue weighted by molar-refractivity contribution is 7.98. The second kappa shape index (κ2) is 4.78. The fourth-order valence-electron chi connectivity index (χ4n) is 1.47. The van der Waals surface area contributed by atoms with Crippen LogP contribution >= 0.6 is 11.8 Å². The van der Waals surface area contributed by atoms with Crippen molar-refractivity contribution in [2.75, 3.05) is 12.0 Å². The number of halogens is 6. The van der Waals surface area contributed by atoms with Gasteiger partial charge in [-0.25, -0.2) is 0 Å². The Kier molecular flexibility index (Phi) is 4.02. The quantitative estimate of drug-likeness (QED) is 0.501. The van der Waals surface area contributed by atoms with E-state index < -0.39 is 28.4 Å². The molecule has 0 aliphatic rings. The second-order valence-electron chi connectivity index (χ2n) is 3.67. The molecule has 0 saturated carbocycles.